The van der Waals surface area contributed by atoms with Gasteiger partial charge in [0.25, 0.3) is 5.69 Å². The second-order valence-corrected chi connectivity index (χ2v) is 7.14. The van der Waals surface area contributed by atoms with Crippen LogP contribution < -0.4 is 15.5 Å². The highest BCUT2D eigenvalue weighted by atomic mass is 35.5. The summed E-state index contributed by atoms with van der Waals surface area (Å²) in [4.78, 5) is 13.1. The van der Waals surface area contributed by atoms with Gasteiger partial charge in [0, 0.05) is 54.0 Å². The number of nitro benzene ring substituents is 1. The van der Waals surface area contributed by atoms with Gasteiger partial charge in [0.15, 0.2) is 0 Å². The van der Waals surface area contributed by atoms with Gasteiger partial charge < -0.3 is 15.5 Å². The summed E-state index contributed by atoms with van der Waals surface area (Å²) < 4.78 is 0. The predicted molar refractivity (Wildman–Crippen MR) is 107 cm³/mol. The average molecular weight is 395 g/mol. The van der Waals surface area contributed by atoms with Crippen LogP contribution in [0.15, 0.2) is 36.4 Å². The van der Waals surface area contributed by atoms with Gasteiger partial charge in [-0.3, -0.25) is 10.1 Å². The molecule has 1 unspecified atom stereocenters. The summed E-state index contributed by atoms with van der Waals surface area (Å²) in [7, 11) is 0. The van der Waals surface area contributed by atoms with Crippen molar-refractivity contribution < 1.29 is 4.92 Å². The molecule has 2 aromatic carbocycles. The molecule has 0 aliphatic carbocycles. The Kier molecular flexibility index (Phi) is 5.86. The Labute approximate surface area is 162 Å². The Balaban J connectivity index is 1.86. The fourth-order valence-electron chi connectivity index (χ4n) is 3.09. The van der Waals surface area contributed by atoms with E-state index in [1.165, 1.54) is 0 Å². The lowest BCUT2D eigenvalue weighted by molar-refractivity contribution is -0.384. The third kappa shape index (κ3) is 4.38. The van der Waals surface area contributed by atoms with Crippen molar-refractivity contribution >= 4 is 40.3 Å². The highest BCUT2D eigenvalue weighted by Gasteiger charge is 2.22. The summed E-state index contributed by atoms with van der Waals surface area (Å²) in [5.41, 5.74) is 2.52. The van der Waals surface area contributed by atoms with E-state index in [1.54, 1.807) is 18.2 Å². The maximum absolute atomic E-state index is 11.4. The van der Waals surface area contributed by atoms with Crippen molar-refractivity contribution in [2.75, 3.05) is 36.4 Å². The molecule has 138 valence electrons. The number of benzene rings is 2. The molecule has 2 N–H and O–H groups in total. The molecule has 0 saturated carbocycles. The molecule has 2 aromatic rings. The number of hydrogen-bond acceptors (Lipinski definition) is 5. The highest BCUT2D eigenvalue weighted by Crippen LogP contribution is 2.33. The third-order valence-electron chi connectivity index (χ3n) is 4.40. The number of anilines is 2. The normalized spacial score (nSPS) is 15.6. The Morgan fingerprint density at radius 3 is 2.42 bits per heavy atom. The van der Waals surface area contributed by atoms with Crippen molar-refractivity contribution in [2.24, 2.45) is 0 Å². The van der Waals surface area contributed by atoms with Gasteiger partial charge in [-0.15, -0.1) is 0 Å². The fourth-order valence-corrected chi connectivity index (χ4v) is 3.63. The lowest BCUT2D eigenvalue weighted by Gasteiger charge is -2.29. The van der Waals surface area contributed by atoms with E-state index in [2.05, 4.69) is 10.6 Å². The molecule has 0 spiro atoms. The number of nitrogens with one attached hydrogen (secondary N) is 2. The number of hydrogen-bond donors (Lipinski definition) is 2. The van der Waals surface area contributed by atoms with Crippen LogP contribution >= 0.6 is 23.2 Å². The van der Waals surface area contributed by atoms with Crippen LogP contribution in [-0.2, 0) is 0 Å². The van der Waals surface area contributed by atoms with Crippen LogP contribution in [0, 0.1) is 10.1 Å². The Hall–Kier alpha value is -2.02. The Morgan fingerprint density at radius 2 is 1.81 bits per heavy atom. The lowest BCUT2D eigenvalue weighted by Crippen LogP contribution is -2.43. The number of halogens is 2. The molecule has 6 nitrogen and oxygen atoms in total. The van der Waals surface area contributed by atoms with Gasteiger partial charge in [-0.2, -0.15) is 0 Å². The summed E-state index contributed by atoms with van der Waals surface area (Å²) in [6.45, 7) is 5.10. The molecular formula is C18H20Cl2N4O2. The van der Waals surface area contributed by atoms with Gasteiger partial charge in [0.05, 0.1) is 4.92 Å². The third-order valence-corrected chi connectivity index (χ3v) is 4.83. The minimum absolute atomic E-state index is 0.0523. The van der Waals surface area contributed by atoms with Crippen molar-refractivity contribution in [1.29, 1.82) is 0 Å². The van der Waals surface area contributed by atoms with Crippen LogP contribution in [0.4, 0.5) is 17.1 Å². The summed E-state index contributed by atoms with van der Waals surface area (Å²) in [5, 5.41) is 19.2. The number of piperazine rings is 1. The Morgan fingerprint density at radius 1 is 1.15 bits per heavy atom. The first kappa shape index (κ1) is 18.8. The van der Waals surface area contributed by atoms with Crippen molar-refractivity contribution in [2.45, 2.75) is 13.0 Å². The van der Waals surface area contributed by atoms with Gasteiger partial charge in [-0.05, 0) is 42.8 Å². The standard InChI is InChI=1S/C18H20Cl2N4O2/c1-12(13-8-14(19)10-15(20)9-13)22-16-2-3-17(24(25)26)18(11-16)23-6-4-21-5-7-23/h2-3,8-12,21-22H,4-7H2,1H3. The van der Waals surface area contributed by atoms with E-state index in [1.807, 2.05) is 30.0 Å². The molecule has 1 saturated heterocycles. The number of nitro groups is 1. The van der Waals surface area contributed by atoms with E-state index < -0.39 is 0 Å². The van der Waals surface area contributed by atoms with Crippen molar-refractivity contribution in [3.63, 3.8) is 0 Å². The van der Waals surface area contributed by atoms with E-state index in [0.717, 1.165) is 37.4 Å². The quantitative estimate of drug-likeness (QED) is 0.577. The van der Waals surface area contributed by atoms with Gasteiger partial charge in [0.1, 0.15) is 5.69 Å². The summed E-state index contributed by atoms with van der Waals surface area (Å²) >= 11 is 12.2. The first-order valence-electron chi connectivity index (χ1n) is 8.40. The largest absolute Gasteiger partial charge is 0.378 e. The van der Waals surface area contributed by atoms with Crippen LogP contribution in [-0.4, -0.2) is 31.1 Å². The summed E-state index contributed by atoms with van der Waals surface area (Å²) in [6.07, 6.45) is 0. The van der Waals surface area contributed by atoms with Crippen LogP contribution in [0.5, 0.6) is 0 Å². The van der Waals surface area contributed by atoms with Crippen LogP contribution in [0.25, 0.3) is 0 Å². The molecular weight excluding hydrogens is 375 g/mol. The van der Waals surface area contributed by atoms with Gasteiger partial charge >= 0.3 is 0 Å². The molecule has 8 heteroatoms. The minimum atomic E-state index is -0.332. The van der Waals surface area contributed by atoms with Crippen LogP contribution in [0.1, 0.15) is 18.5 Å². The minimum Gasteiger partial charge on any atom is -0.378 e. The van der Waals surface area contributed by atoms with Crippen molar-refractivity contribution in [3.8, 4) is 0 Å². The molecule has 1 aliphatic rings. The Bertz CT molecular complexity index is 790. The number of rotatable bonds is 5. The summed E-state index contributed by atoms with van der Waals surface area (Å²) in [5.74, 6) is 0. The zero-order chi connectivity index (χ0) is 18.7. The SMILES string of the molecule is CC(Nc1ccc([N+](=O)[O-])c(N2CCNCC2)c1)c1cc(Cl)cc(Cl)c1. The highest BCUT2D eigenvalue weighted by molar-refractivity contribution is 6.34. The molecule has 0 radical (unpaired) electrons. The van der Waals surface area contributed by atoms with Gasteiger partial charge in [-0.25, -0.2) is 0 Å². The lowest BCUT2D eigenvalue weighted by atomic mass is 10.1. The first-order valence-corrected chi connectivity index (χ1v) is 9.16. The van der Waals surface area contributed by atoms with Crippen molar-refractivity contribution in [3.05, 3.63) is 62.1 Å². The average Bonchev–Trinajstić information content (AvgIpc) is 2.61. The molecule has 1 aliphatic heterocycles. The van der Waals surface area contributed by atoms with E-state index in [4.69, 9.17) is 23.2 Å². The number of nitrogens with zero attached hydrogens (tertiary/aromatic N) is 2. The maximum Gasteiger partial charge on any atom is 0.292 e. The second-order valence-electron chi connectivity index (χ2n) is 6.27. The van der Waals surface area contributed by atoms with Crippen LogP contribution in [0.2, 0.25) is 10.0 Å². The molecule has 1 heterocycles. The zero-order valence-electron chi connectivity index (χ0n) is 14.3. The molecule has 1 atom stereocenters. The van der Waals surface area contributed by atoms with E-state index in [-0.39, 0.29) is 16.7 Å². The van der Waals surface area contributed by atoms with E-state index in [0.29, 0.717) is 15.7 Å². The molecule has 0 aromatic heterocycles. The summed E-state index contributed by atoms with van der Waals surface area (Å²) in [6, 6.07) is 10.5. The van der Waals surface area contributed by atoms with Crippen molar-refractivity contribution in [1.82, 2.24) is 5.32 Å². The molecule has 26 heavy (non-hydrogen) atoms. The van der Waals surface area contributed by atoms with E-state index >= 15 is 0 Å². The topological polar surface area (TPSA) is 70.4 Å². The van der Waals surface area contributed by atoms with Gasteiger partial charge in [0.2, 0.25) is 0 Å². The maximum atomic E-state index is 11.4. The molecule has 0 amide bonds. The smallest absolute Gasteiger partial charge is 0.292 e. The monoisotopic (exact) mass is 394 g/mol. The zero-order valence-corrected chi connectivity index (χ0v) is 15.8. The fraction of sp³-hybridized carbons (Fsp3) is 0.333. The van der Waals surface area contributed by atoms with E-state index in [9.17, 15) is 10.1 Å². The molecule has 0 bridgehead atoms. The first-order chi connectivity index (χ1) is 12.4. The second kappa shape index (κ2) is 8.12. The predicted octanol–water partition coefficient (Wildman–Crippen LogP) is 4.48. The van der Waals surface area contributed by atoms with Crippen LogP contribution in [0.3, 0.4) is 0 Å². The molecule has 3 rings (SSSR count). The molecule has 1 fully saturated rings. The van der Waals surface area contributed by atoms with Gasteiger partial charge in [-0.1, -0.05) is 23.2 Å².